The van der Waals surface area contributed by atoms with Crippen molar-refractivity contribution in [3.8, 4) is 0 Å². The van der Waals surface area contributed by atoms with E-state index in [1.54, 1.807) is 25.2 Å². The SMILES string of the molecule is CNC(Cc1ccc(N)c(Cl)c1)C(=O)O. The van der Waals surface area contributed by atoms with Crippen LogP contribution in [0.1, 0.15) is 5.56 Å². The van der Waals surface area contributed by atoms with Crippen LogP contribution in [0.25, 0.3) is 0 Å². The smallest absolute Gasteiger partial charge is 0.321 e. The van der Waals surface area contributed by atoms with E-state index in [0.717, 1.165) is 5.56 Å². The second-order valence-corrected chi connectivity index (χ2v) is 3.65. The number of hydrogen-bond acceptors (Lipinski definition) is 3. The summed E-state index contributed by atoms with van der Waals surface area (Å²) in [5.74, 6) is -0.884. The van der Waals surface area contributed by atoms with E-state index in [2.05, 4.69) is 5.32 Å². The Bertz CT molecular complexity index is 368. The molecular formula is C10H13ClN2O2. The number of likely N-dealkylation sites (N-methyl/N-ethyl adjacent to an activating group) is 1. The zero-order valence-corrected chi connectivity index (χ0v) is 9.08. The summed E-state index contributed by atoms with van der Waals surface area (Å²) < 4.78 is 0. The van der Waals surface area contributed by atoms with Gasteiger partial charge in [-0.05, 0) is 31.2 Å². The van der Waals surface area contributed by atoms with E-state index in [9.17, 15) is 4.79 Å². The minimum absolute atomic E-state index is 0.381. The molecule has 0 saturated carbocycles. The lowest BCUT2D eigenvalue weighted by molar-refractivity contribution is -0.139. The minimum Gasteiger partial charge on any atom is -0.480 e. The molecule has 1 rings (SSSR count). The fourth-order valence-electron chi connectivity index (χ4n) is 1.25. The Morgan fingerprint density at radius 1 is 1.67 bits per heavy atom. The van der Waals surface area contributed by atoms with Crippen molar-refractivity contribution in [1.82, 2.24) is 5.32 Å². The number of nitrogens with two attached hydrogens (primary N) is 1. The number of nitrogens with one attached hydrogen (secondary N) is 1. The number of carbonyl (C=O) groups is 1. The number of anilines is 1. The Morgan fingerprint density at radius 2 is 2.33 bits per heavy atom. The highest BCUT2D eigenvalue weighted by Gasteiger charge is 2.15. The van der Waals surface area contributed by atoms with Crippen molar-refractivity contribution < 1.29 is 9.90 Å². The predicted molar refractivity (Wildman–Crippen MR) is 60.1 cm³/mol. The maximum Gasteiger partial charge on any atom is 0.321 e. The van der Waals surface area contributed by atoms with Crippen LogP contribution in [0.5, 0.6) is 0 Å². The molecule has 0 heterocycles. The Balaban J connectivity index is 2.80. The van der Waals surface area contributed by atoms with E-state index in [1.165, 1.54) is 0 Å². The molecule has 1 aromatic carbocycles. The highest BCUT2D eigenvalue weighted by molar-refractivity contribution is 6.33. The van der Waals surface area contributed by atoms with Crippen LogP contribution >= 0.6 is 11.6 Å². The van der Waals surface area contributed by atoms with Gasteiger partial charge in [0.05, 0.1) is 10.7 Å². The molecule has 0 aliphatic heterocycles. The Hall–Kier alpha value is -1.26. The molecule has 0 aromatic heterocycles. The van der Waals surface area contributed by atoms with E-state index in [-0.39, 0.29) is 0 Å². The summed E-state index contributed by atoms with van der Waals surface area (Å²) in [7, 11) is 1.61. The average molecular weight is 229 g/mol. The van der Waals surface area contributed by atoms with Gasteiger partial charge < -0.3 is 16.2 Å². The highest BCUT2D eigenvalue weighted by atomic mass is 35.5. The van der Waals surface area contributed by atoms with Crippen molar-refractivity contribution in [2.45, 2.75) is 12.5 Å². The summed E-state index contributed by atoms with van der Waals surface area (Å²) in [4.78, 5) is 10.8. The van der Waals surface area contributed by atoms with Gasteiger partial charge in [0, 0.05) is 0 Å². The summed E-state index contributed by atoms with van der Waals surface area (Å²) in [5.41, 5.74) is 6.89. The molecule has 4 nitrogen and oxygen atoms in total. The fraction of sp³-hybridized carbons (Fsp3) is 0.300. The van der Waals surface area contributed by atoms with E-state index in [1.807, 2.05) is 0 Å². The molecule has 1 atom stereocenters. The van der Waals surface area contributed by atoms with E-state index in [4.69, 9.17) is 22.4 Å². The minimum atomic E-state index is -0.884. The number of carboxylic acids is 1. The largest absolute Gasteiger partial charge is 0.480 e. The van der Waals surface area contributed by atoms with Crippen LogP contribution in [0, 0.1) is 0 Å². The molecule has 82 valence electrons. The van der Waals surface area contributed by atoms with Crippen molar-refractivity contribution >= 4 is 23.3 Å². The Kier molecular flexibility index (Phi) is 3.94. The normalized spacial score (nSPS) is 12.4. The average Bonchev–Trinajstić information content (AvgIpc) is 2.19. The molecule has 5 heteroatoms. The van der Waals surface area contributed by atoms with Gasteiger partial charge in [-0.25, -0.2) is 0 Å². The molecule has 0 saturated heterocycles. The molecule has 0 amide bonds. The standard InChI is InChI=1S/C10H13ClN2O2/c1-13-9(10(14)15)5-6-2-3-8(12)7(11)4-6/h2-4,9,13H,5,12H2,1H3,(H,14,15). The van der Waals surface area contributed by atoms with Crippen LogP contribution in [0.2, 0.25) is 5.02 Å². The number of benzene rings is 1. The third-order valence-electron chi connectivity index (χ3n) is 2.15. The van der Waals surface area contributed by atoms with Crippen molar-refractivity contribution in [3.63, 3.8) is 0 Å². The summed E-state index contributed by atoms with van der Waals surface area (Å²) in [6.45, 7) is 0. The van der Waals surface area contributed by atoms with Gasteiger partial charge in [0.1, 0.15) is 6.04 Å². The molecule has 0 radical (unpaired) electrons. The lowest BCUT2D eigenvalue weighted by Gasteiger charge is -2.11. The van der Waals surface area contributed by atoms with Crippen LogP contribution in [0.3, 0.4) is 0 Å². The summed E-state index contributed by atoms with van der Waals surface area (Å²) in [5, 5.41) is 12.0. The zero-order valence-electron chi connectivity index (χ0n) is 8.33. The summed E-state index contributed by atoms with van der Waals surface area (Å²) >= 11 is 5.83. The number of rotatable bonds is 4. The Morgan fingerprint density at radius 3 is 2.80 bits per heavy atom. The summed E-state index contributed by atoms with van der Waals surface area (Å²) in [6, 6.07) is 4.52. The van der Waals surface area contributed by atoms with Gasteiger partial charge in [0.25, 0.3) is 0 Å². The van der Waals surface area contributed by atoms with Crippen LogP contribution < -0.4 is 11.1 Å². The molecular weight excluding hydrogens is 216 g/mol. The van der Waals surface area contributed by atoms with E-state index >= 15 is 0 Å². The van der Waals surface area contributed by atoms with Gasteiger partial charge in [-0.15, -0.1) is 0 Å². The van der Waals surface area contributed by atoms with Gasteiger partial charge >= 0.3 is 5.97 Å². The van der Waals surface area contributed by atoms with E-state index in [0.29, 0.717) is 17.1 Å². The van der Waals surface area contributed by atoms with Gasteiger partial charge in [0.15, 0.2) is 0 Å². The second-order valence-electron chi connectivity index (χ2n) is 3.24. The first-order valence-corrected chi connectivity index (χ1v) is 4.86. The molecule has 15 heavy (non-hydrogen) atoms. The summed E-state index contributed by atoms with van der Waals surface area (Å²) in [6.07, 6.45) is 0.381. The highest BCUT2D eigenvalue weighted by Crippen LogP contribution is 2.20. The van der Waals surface area contributed by atoms with Gasteiger partial charge in [0.2, 0.25) is 0 Å². The quantitative estimate of drug-likeness (QED) is 0.676. The van der Waals surface area contributed by atoms with Crippen molar-refractivity contribution in [2.24, 2.45) is 0 Å². The number of aliphatic carboxylic acids is 1. The topological polar surface area (TPSA) is 75.3 Å². The monoisotopic (exact) mass is 228 g/mol. The molecule has 1 aromatic rings. The zero-order chi connectivity index (χ0) is 11.4. The van der Waals surface area contributed by atoms with Crippen LogP contribution in [-0.4, -0.2) is 24.2 Å². The second kappa shape index (κ2) is 5.00. The first-order chi connectivity index (χ1) is 7.04. The third-order valence-corrected chi connectivity index (χ3v) is 2.48. The molecule has 0 aliphatic carbocycles. The molecule has 0 bridgehead atoms. The first kappa shape index (κ1) is 11.8. The van der Waals surface area contributed by atoms with Gasteiger partial charge in [-0.2, -0.15) is 0 Å². The maximum atomic E-state index is 10.8. The molecule has 1 unspecified atom stereocenters. The van der Waals surface area contributed by atoms with Crippen LogP contribution in [-0.2, 0) is 11.2 Å². The van der Waals surface area contributed by atoms with Crippen molar-refractivity contribution in [3.05, 3.63) is 28.8 Å². The van der Waals surface area contributed by atoms with Crippen molar-refractivity contribution in [2.75, 3.05) is 12.8 Å². The number of nitrogen functional groups attached to an aromatic ring is 1. The molecule has 4 N–H and O–H groups in total. The first-order valence-electron chi connectivity index (χ1n) is 4.48. The maximum absolute atomic E-state index is 10.8. The third kappa shape index (κ3) is 3.11. The Labute approximate surface area is 93.0 Å². The van der Waals surface area contributed by atoms with Gasteiger partial charge in [-0.1, -0.05) is 17.7 Å². The lowest BCUT2D eigenvalue weighted by Crippen LogP contribution is -2.35. The number of halogens is 1. The molecule has 0 fully saturated rings. The van der Waals surface area contributed by atoms with E-state index < -0.39 is 12.0 Å². The predicted octanol–water partition coefficient (Wildman–Crippen LogP) is 1.14. The van der Waals surface area contributed by atoms with Gasteiger partial charge in [-0.3, -0.25) is 4.79 Å². The van der Waals surface area contributed by atoms with Crippen LogP contribution in [0.15, 0.2) is 18.2 Å². The lowest BCUT2D eigenvalue weighted by atomic mass is 10.1. The molecule has 0 spiro atoms. The van der Waals surface area contributed by atoms with Crippen molar-refractivity contribution in [1.29, 1.82) is 0 Å². The molecule has 0 aliphatic rings. The van der Waals surface area contributed by atoms with Crippen LogP contribution in [0.4, 0.5) is 5.69 Å². The number of hydrogen-bond donors (Lipinski definition) is 3. The fourth-order valence-corrected chi connectivity index (χ4v) is 1.45. The number of carboxylic acid groups (broad SMARTS) is 1.